The molecule has 1 saturated heterocycles. The van der Waals surface area contributed by atoms with Crippen LogP contribution in [0.3, 0.4) is 0 Å². The smallest absolute Gasteiger partial charge is 0.306 e. The first kappa shape index (κ1) is 14.1. The fourth-order valence-corrected chi connectivity index (χ4v) is 2.68. The Morgan fingerprint density at radius 3 is 2.84 bits per heavy atom. The monoisotopic (exact) mass is 265 g/mol. The lowest BCUT2D eigenvalue weighted by atomic mass is 10.0. The van der Waals surface area contributed by atoms with Crippen molar-refractivity contribution < 1.29 is 9.53 Å². The van der Waals surface area contributed by atoms with Gasteiger partial charge in [0, 0.05) is 31.9 Å². The van der Waals surface area contributed by atoms with Crippen LogP contribution >= 0.6 is 0 Å². The van der Waals surface area contributed by atoms with Crippen LogP contribution in [0, 0.1) is 0 Å². The molecule has 0 saturated carbocycles. The molecule has 1 fully saturated rings. The minimum Gasteiger partial charge on any atom is -0.469 e. The Morgan fingerprint density at radius 2 is 2.16 bits per heavy atom. The Labute approximate surface area is 114 Å². The number of esters is 1. The number of ether oxygens (including phenoxy) is 1. The number of piperazine rings is 1. The zero-order valence-corrected chi connectivity index (χ0v) is 12.3. The van der Waals surface area contributed by atoms with Crippen molar-refractivity contribution in [3.8, 4) is 0 Å². The molecule has 106 valence electrons. The van der Waals surface area contributed by atoms with Crippen molar-refractivity contribution in [2.45, 2.75) is 33.2 Å². The van der Waals surface area contributed by atoms with Crippen LogP contribution in [-0.4, -0.2) is 60.9 Å². The van der Waals surface area contributed by atoms with E-state index < -0.39 is 0 Å². The topological polar surface area (TPSA) is 45.1 Å². The van der Waals surface area contributed by atoms with Gasteiger partial charge in [-0.1, -0.05) is 0 Å². The molecule has 2 rings (SSSR count). The molecule has 0 spiro atoms. The van der Waals surface area contributed by atoms with Crippen molar-refractivity contribution >= 4 is 11.8 Å². The van der Waals surface area contributed by atoms with Gasteiger partial charge in [0.15, 0.2) is 0 Å². The molecule has 0 radical (unpaired) electrons. The van der Waals surface area contributed by atoms with E-state index in [1.165, 1.54) is 18.4 Å². The third-order valence-electron chi connectivity index (χ3n) is 4.05. The Kier molecular flexibility index (Phi) is 4.24. The van der Waals surface area contributed by atoms with Gasteiger partial charge >= 0.3 is 5.97 Å². The number of fused-ring (bicyclic) bond motifs is 1. The van der Waals surface area contributed by atoms with E-state index in [1.807, 2.05) is 0 Å². The van der Waals surface area contributed by atoms with Gasteiger partial charge < -0.3 is 9.64 Å². The van der Waals surface area contributed by atoms with Crippen molar-refractivity contribution in [3.63, 3.8) is 0 Å². The summed E-state index contributed by atoms with van der Waals surface area (Å²) in [4.78, 5) is 20.5. The van der Waals surface area contributed by atoms with Gasteiger partial charge in [0.2, 0.25) is 0 Å². The molecular weight excluding hydrogens is 242 g/mol. The summed E-state index contributed by atoms with van der Waals surface area (Å²) in [6.45, 7) is 9.96. The fourth-order valence-electron chi connectivity index (χ4n) is 2.68. The van der Waals surface area contributed by atoms with E-state index in [1.54, 1.807) is 0 Å². The second-order valence-corrected chi connectivity index (χ2v) is 5.24. The van der Waals surface area contributed by atoms with Crippen molar-refractivity contribution in [2.75, 3.05) is 33.3 Å². The van der Waals surface area contributed by atoms with E-state index in [0.717, 1.165) is 32.0 Å². The molecule has 0 bridgehead atoms. The molecule has 5 heteroatoms. The molecular formula is C14H23N3O2. The van der Waals surface area contributed by atoms with Crippen LogP contribution in [0.5, 0.6) is 0 Å². The highest BCUT2D eigenvalue weighted by atomic mass is 16.5. The van der Waals surface area contributed by atoms with Crippen LogP contribution in [0.2, 0.25) is 0 Å². The summed E-state index contributed by atoms with van der Waals surface area (Å²) in [5, 5.41) is 0. The van der Waals surface area contributed by atoms with Crippen molar-refractivity contribution in [3.05, 3.63) is 11.3 Å². The maximum Gasteiger partial charge on any atom is 0.306 e. The average molecular weight is 265 g/mol. The normalized spacial score (nSPS) is 24.1. The predicted octanol–water partition coefficient (Wildman–Crippen LogP) is 1.26. The first-order valence-corrected chi connectivity index (χ1v) is 6.83. The largest absolute Gasteiger partial charge is 0.469 e. The lowest BCUT2D eigenvalue weighted by molar-refractivity contribution is -0.141. The second-order valence-electron chi connectivity index (χ2n) is 5.24. The third kappa shape index (κ3) is 2.97. The van der Waals surface area contributed by atoms with Crippen molar-refractivity contribution in [1.29, 1.82) is 0 Å². The van der Waals surface area contributed by atoms with Gasteiger partial charge in [-0.05, 0) is 26.3 Å². The Bertz CT molecular complexity index is 428. The zero-order valence-electron chi connectivity index (χ0n) is 12.3. The third-order valence-corrected chi connectivity index (χ3v) is 4.05. The van der Waals surface area contributed by atoms with E-state index in [-0.39, 0.29) is 12.0 Å². The minimum atomic E-state index is -0.136. The number of rotatable bonds is 3. The maximum atomic E-state index is 11.2. The molecule has 0 aromatic heterocycles. The van der Waals surface area contributed by atoms with Gasteiger partial charge in [0.05, 0.1) is 19.6 Å². The highest BCUT2D eigenvalue weighted by Crippen LogP contribution is 2.25. The number of hydrogen-bond donors (Lipinski definition) is 0. The Morgan fingerprint density at radius 1 is 1.42 bits per heavy atom. The van der Waals surface area contributed by atoms with Crippen LogP contribution in [-0.2, 0) is 9.53 Å². The SMILES string of the molecule is COC(=O)CCN1CCN2C(C)=N[C@@H](C)C(C)=C2C1. The maximum absolute atomic E-state index is 11.2. The summed E-state index contributed by atoms with van der Waals surface area (Å²) in [6.07, 6.45) is 0.464. The molecule has 2 heterocycles. The van der Waals surface area contributed by atoms with Gasteiger partial charge in [-0.15, -0.1) is 0 Å². The molecule has 5 nitrogen and oxygen atoms in total. The lowest BCUT2D eigenvalue weighted by Crippen LogP contribution is -2.49. The van der Waals surface area contributed by atoms with E-state index in [0.29, 0.717) is 6.42 Å². The van der Waals surface area contributed by atoms with E-state index in [2.05, 4.69) is 35.6 Å². The van der Waals surface area contributed by atoms with Crippen molar-refractivity contribution in [2.24, 2.45) is 4.99 Å². The summed E-state index contributed by atoms with van der Waals surface area (Å²) < 4.78 is 4.70. The summed E-state index contributed by atoms with van der Waals surface area (Å²) in [6, 6.07) is 0.270. The van der Waals surface area contributed by atoms with Crippen LogP contribution in [0.25, 0.3) is 0 Å². The molecule has 0 aromatic carbocycles. The second kappa shape index (κ2) is 5.74. The molecule has 0 aliphatic carbocycles. The molecule has 2 aliphatic heterocycles. The summed E-state index contributed by atoms with van der Waals surface area (Å²) in [7, 11) is 1.44. The summed E-state index contributed by atoms with van der Waals surface area (Å²) in [5.41, 5.74) is 2.70. The number of methoxy groups -OCH3 is 1. The van der Waals surface area contributed by atoms with Gasteiger partial charge in [0.25, 0.3) is 0 Å². The number of amidine groups is 1. The molecule has 0 aromatic rings. The Balaban J connectivity index is 2.01. The number of carbonyl (C=O) groups excluding carboxylic acids is 1. The first-order valence-electron chi connectivity index (χ1n) is 6.83. The number of carbonyl (C=O) groups is 1. The number of aliphatic imine (C=N–C) groups is 1. The molecule has 0 N–H and O–H groups in total. The molecule has 0 unspecified atom stereocenters. The molecule has 0 amide bonds. The zero-order chi connectivity index (χ0) is 14.0. The van der Waals surface area contributed by atoms with Crippen LogP contribution in [0.1, 0.15) is 27.2 Å². The number of hydrogen-bond acceptors (Lipinski definition) is 5. The summed E-state index contributed by atoms with van der Waals surface area (Å²) >= 11 is 0. The van der Waals surface area contributed by atoms with Crippen LogP contribution in [0.15, 0.2) is 16.3 Å². The fraction of sp³-hybridized carbons (Fsp3) is 0.714. The van der Waals surface area contributed by atoms with Crippen molar-refractivity contribution in [1.82, 2.24) is 9.80 Å². The van der Waals surface area contributed by atoms with Gasteiger partial charge in [-0.3, -0.25) is 14.7 Å². The van der Waals surface area contributed by atoms with Gasteiger partial charge in [0.1, 0.15) is 5.84 Å². The molecule has 19 heavy (non-hydrogen) atoms. The Hall–Kier alpha value is -1.36. The van der Waals surface area contributed by atoms with E-state index >= 15 is 0 Å². The molecule has 2 aliphatic rings. The number of nitrogens with zero attached hydrogens (tertiary/aromatic N) is 3. The average Bonchev–Trinajstić information content (AvgIpc) is 2.42. The minimum absolute atomic E-state index is 0.136. The summed E-state index contributed by atoms with van der Waals surface area (Å²) in [5.74, 6) is 0.976. The van der Waals surface area contributed by atoms with Gasteiger partial charge in [-0.25, -0.2) is 0 Å². The standard InChI is InChI=1S/C14H23N3O2/c1-10-11(2)15-12(3)17-8-7-16(9-13(10)17)6-5-14(18)19-4/h11H,5-9H2,1-4H3/t11-/m0/s1. The lowest BCUT2D eigenvalue weighted by Gasteiger charge is -2.42. The highest BCUT2D eigenvalue weighted by Gasteiger charge is 2.28. The highest BCUT2D eigenvalue weighted by molar-refractivity contribution is 5.83. The molecule has 1 atom stereocenters. The quantitative estimate of drug-likeness (QED) is 0.721. The van der Waals surface area contributed by atoms with E-state index in [9.17, 15) is 4.79 Å². The first-order chi connectivity index (χ1) is 9.02. The van der Waals surface area contributed by atoms with Crippen LogP contribution < -0.4 is 0 Å². The van der Waals surface area contributed by atoms with Gasteiger partial charge in [-0.2, -0.15) is 0 Å². The predicted molar refractivity (Wildman–Crippen MR) is 75.1 cm³/mol. The van der Waals surface area contributed by atoms with Crippen LogP contribution in [0.4, 0.5) is 0 Å². The van der Waals surface area contributed by atoms with E-state index in [4.69, 9.17) is 4.74 Å².